The van der Waals surface area contributed by atoms with Gasteiger partial charge in [0, 0.05) is 19.3 Å². The van der Waals surface area contributed by atoms with Crippen molar-refractivity contribution in [3.63, 3.8) is 0 Å². The van der Waals surface area contributed by atoms with E-state index in [0.29, 0.717) is 12.2 Å². The zero-order valence-corrected chi connectivity index (χ0v) is 12.7. The van der Waals surface area contributed by atoms with Crippen LogP contribution in [0.2, 0.25) is 0 Å². The van der Waals surface area contributed by atoms with Crippen LogP contribution in [0.5, 0.6) is 0 Å². The number of morpholine rings is 1. The Morgan fingerprint density at radius 2 is 2.09 bits per heavy atom. The summed E-state index contributed by atoms with van der Waals surface area (Å²) in [4.78, 5) is 24.6. The second-order valence-electron chi connectivity index (χ2n) is 5.09. The Labute approximate surface area is 129 Å². The summed E-state index contributed by atoms with van der Waals surface area (Å²) in [6, 6.07) is 6.49. The van der Waals surface area contributed by atoms with Gasteiger partial charge in [-0.3, -0.25) is 4.79 Å². The van der Waals surface area contributed by atoms with Gasteiger partial charge >= 0.3 is 6.03 Å². The second kappa shape index (κ2) is 7.24. The average Bonchev–Trinajstić information content (AvgIpc) is 2.51. The quantitative estimate of drug-likeness (QED) is 0.764. The molecule has 1 aliphatic rings. The molecular weight excluding hydrogens is 286 g/mol. The van der Waals surface area contributed by atoms with Crippen molar-refractivity contribution in [1.82, 2.24) is 10.2 Å². The molecule has 7 heteroatoms. The normalized spacial score (nSPS) is 21.6. The summed E-state index contributed by atoms with van der Waals surface area (Å²) in [6.45, 7) is 2.22. The van der Waals surface area contributed by atoms with Gasteiger partial charge in [-0.1, -0.05) is 12.1 Å². The number of hydrogen-bond donors (Lipinski definition) is 3. The molecule has 2 atom stereocenters. The number of carbonyl (C=O) groups is 2. The molecule has 0 saturated carbocycles. The minimum absolute atomic E-state index is 0.00340. The summed E-state index contributed by atoms with van der Waals surface area (Å²) in [5, 5.41) is 14.9. The average molecular weight is 307 g/mol. The number of urea groups is 1. The smallest absolute Gasteiger partial charge is 0.319 e. The van der Waals surface area contributed by atoms with Crippen LogP contribution in [0.3, 0.4) is 0 Å². The number of amides is 3. The molecule has 1 fully saturated rings. The first-order valence-electron chi connectivity index (χ1n) is 7.19. The van der Waals surface area contributed by atoms with E-state index >= 15 is 0 Å². The van der Waals surface area contributed by atoms with Crippen LogP contribution in [-0.4, -0.2) is 54.8 Å². The van der Waals surface area contributed by atoms with E-state index in [2.05, 4.69) is 10.6 Å². The molecule has 0 aromatic heterocycles. The zero-order valence-electron chi connectivity index (χ0n) is 12.7. The van der Waals surface area contributed by atoms with E-state index in [4.69, 9.17) is 4.74 Å². The number of anilines is 1. The highest BCUT2D eigenvalue weighted by Crippen LogP contribution is 2.28. The molecule has 3 N–H and O–H groups in total. The van der Waals surface area contributed by atoms with Gasteiger partial charge in [0.2, 0.25) is 5.91 Å². The summed E-state index contributed by atoms with van der Waals surface area (Å²) in [7, 11) is 1.66. The van der Waals surface area contributed by atoms with Gasteiger partial charge in [-0.25, -0.2) is 4.79 Å². The van der Waals surface area contributed by atoms with Gasteiger partial charge in [0.15, 0.2) is 0 Å². The van der Waals surface area contributed by atoms with Gasteiger partial charge in [-0.15, -0.1) is 0 Å². The first-order chi connectivity index (χ1) is 10.6. The van der Waals surface area contributed by atoms with Gasteiger partial charge in [0.1, 0.15) is 12.7 Å². The number of nitrogens with one attached hydrogen (secondary N) is 2. The van der Waals surface area contributed by atoms with Crippen LogP contribution in [0.1, 0.15) is 18.6 Å². The number of ether oxygens (including phenoxy) is 1. The number of carbonyl (C=O) groups excluding carboxylic acids is 2. The Morgan fingerprint density at radius 3 is 2.68 bits per heavy atom. The zero-order chi connectivity index (χ0) is 16.1. The fraction of sp³-hybridized carbons (Fsp3) is 0.467. The highest BCUT2D eigenvalue weighted by atomic mass is 16.5. The van der Waals surface area contributed by atoms with Gasteiger partial charge in [0.05, 0.1) is 12.6 Å². The van der Waals surface area contributed by atoms with Crippen molar-refractivity contribution >= 4 is 17.6 Å². The molecule has 22 heavy (non-hydrogen) atoms. The molecule has 1 aromatic carbocycles. The van der Waals surface area contributed by atoms with Crippen LogP contribution < -0.4 is 10.6 Å². The lowest BCUT2D eigenvalue weighted by Crippen LogP contribution is -2.50. The molecule has 2 rings (SSSR count). The maximum Gasteiger partial charge on any atom is 0.319 e. The van der Waals surface area contributed by atoms with Crippen molar-refractivity contribution < 1.29 is 19.4 Å². The highest BCUT2D eigenvalue weighted by Gasteiger charge is 2.34. The Bertz CT molecular complexity index is 532. The van der Waals surface area contributed by atoms with Crippen molar-refractivity contribution in [2.24, 2.45) is 0 Å². The minimum atomic E-state index is -0.413. The van der Waals surface area contributed by atoms with Gasteiger partial charge in [-0.2, -0.15) is 0 Å². The standard InChI is InChI=1S/C15H21N3O4/c1-3-16-15(21)17-11-6-4-10(5-7-11)14-12(8-19)18(2)13(20)9-22-14/h4-7,12,14,19H,3,8-9H2,1-2H3,(H2,16,17,21). The van der Waals surface area contributed by atoms with E-state index in [1.165, 1.54) is 4.90 Å². The lowest BCUT2D eigenvalue weighted by molar-refractivity contribution is -0.157. The van der Waals surface area contributed by atoms with Crippen molar-refractivity contribution in [3.8, 4) is 0 Å². The molecule has 7 nitrogen and oxygen atoms in total. The molecule has 0 aliphatic carbocycles. The monoisotopic (exact) mass is 307 g/mol. The summed E-state index contributed by atoms with van der Waals surface area (Å²) in [6.07, 6.45) is -0.383. The molecule has 1 heterocycles. The lowest BCUT2D eigenvalue weighted by Gasteiger charge is -2.38. The number of hydrogen-bond acceptors (Lipinski definition) is 4. The minimum Gasteiger partial charge on any atom is -0.394 e. The van der Waals surface area contributed by atoms with E-state index in [1.807, 2.05) is 19.1 Å². The van der Waals surface area contributed by atoms with Crippen LogP contribution in [0, 0.1) is 0 Å². The van der Waals surface area contributed by atoms with Crippen LogP contribution in [-0.2, 0) is 9.53 Å². The molecule has 1 aromatic rings. The molecule has 1 saturated heterocycles. The van der Waals surface area contributed by atoms with E-state index in [-0.39, 0.29) is 31.3 Å². The van der Waals surface area contributed by atoms with Gasteiger partial charge in [-0.05, 0) is 24.6 Å². The molecule has 2 unspecified atom stereocenters. The largest absolute Gasteiger partial charge is 0.394 e. The fourth-order valence-electron chi connectivity index (χ4n) is 2.39. The van der Waals surface area contributed by atoms with Crippen LogP contribution in [0.25, 0.3) is 0 Å². The first kappa shape index (κ1) is 16.3. The maximum atomic E-state index is 11.6. The maximum absolute atomic E-state index is 11.6. The number of aliphatic hydroxyl groups is 1. The molecule has 0 bridgehead atoms. The van der Waals surface area contributed by atoms with E-state index < -0.39 is 6.04 Å². The van der Waals surface area contributed by atoms with Crippen molar-refractivity contribution in [1.29, 1.82) is 0 Å². The SMILES string of the molecule is CCNC(=O)Nc1ccc(C2OCC(=O)N(C)C2CO)cc1. The fourth-order valence-corrected chi connectivity index (χ4v) is 2.39. The summed E-state index contributed by atoms with van der Waals surface area (Å²) in [5.41, 5.74) is 1.51. The van der Waals surface area contributed by atoms with E-state index in [1.54, 1.807) is 19.2 Å². The third-order valence-electron chi connectivity index (χ3n) is 3.65. The Morgan fingerprint density at radius 1 is 1.41 bits per heavy atom. The Balaban J connectivity index is 2.09. The van der Waals surface area contributed by atoms with Gasteiger partial charge in [0.25, 0.3) is 0 Å². The first-order valence-corrected chi connectivity index (χ1v) is 7.19. The molecule has 3 amide bonds. The summed E-state index contributed by atoms with van der Waals surface area (Å²) < 4.78 is 5.56. The van der Waals surface area contributed by atoms with Crippen molar-refractivity contribution in [2.45, 2.75) is 19.1 Å². The number of benzene rings is 1. The van der Waals surface area contributed by atoms with Crippen LogP contribution in [0.4, 0.5) is 10.5 Å². The molecular formula is C15H21N3O4. The Kier molecular flexibility index (Phi) is 5.35. The summed E-state index contributed by atoms with van der Waals surface area (Å²) in [5.74, 6) is -0.148. The predicted octanol–water partition coefficient (Wildman–Crippen LogP) is 0.719. The van der Waals surface area contributed by atoms with Gasteiger partial charge < -0.3 is 25.4 Å². The molecule has 0 spiro atoms. The molecule has 0 radical (unpaired) electrons. The molecule has 120 valence electrons. The number of nitrogens with zero attached hydrogens (tertiary/aromatic N) is 1. The number of rotatable bonds is 4. The van der Waals surface area contributed by atoms with Crippen molar-refractivity contribution in [3.05, 3.63) is 29.8 Å². The van der Waals surface area contributed by atoms with Crippen LogP contribution in [0.15, 0.2) is 24.3 Å². The van der Waals surface area contributed by atoms with Crippen molar-refractivity contribution in [2.75, 3.05) is 32.1 Å². The number of aliphatic hydroxyl groups excluding tert-OH is 1. The summed E-state index contributed by atoms with van der Waals surface area (Å²) >= 11 is 0. The third kappa shape index (κ3) is 3.55. The van der Waals surface area contributed by atoms with Crippen LogP contribution >= 0.6 is 0 Å². The van der Waals surface area contributed by atoms with E-state index in [9.17, 15) is 14.7 Å². The van der Waals surface area contributed by atoms with E-state index in [0.717, 1.165) is 5.56 Å². The second-order valence-corrected chi connectivity index (χ2v) is 5.09. The third-order valence-corrected chi connectivity index (χ3v) is 3.65. The molecule has 1 aliphatic heterocycles. The Hall–Kier alpha value is -2.12. The predicted molar refractivity (Wildman–Crippen MR) is 81.5 cm³/mol. The number of likely N-dealkylation sites (N-methyl/N-ethyl adjacent to an activating group) is 1. The highest BCUT2D eigenvalue weighted by molar-refractivity contribution is 5.89. The lowest BCUT2D eigenvalue weighted by atomic mass is 9.99. The topological polar surface area (TPSA) is 90.9 Å².